The standard InChI is InChI=1S/C17H13BrN2O4/c18-10-2-3-11-12(6-10)13(17(24)20-16(11)23)8-19-7-9-1-4-14(21)15(22)5-9/h1-6,8,21-22H,7H2,(H2,20,23,24). The SMILES string of the molecule is O=c1[nH]c(O)c(C=NCc2ccc(O)c(O)c2)c2cc(Br)ccc12. The second kappa shape index (κ2) is 6.37. The largest absolute Gasteiger partial charge is 0.504 e. The number of hydrogen-bond donors (Lipinski definition) is 4. The third kappa shape index (κ3) is 3.11. The Kier molecular flexibility index (Phi) is 4.26. The van der Waals surface area contributed by atoms with Gasteiger partial charge in [0.2, 0.25) is 5.88 Å². The first-order chi connectivity index (χ1) is 11.5. The molecule has 7 heteroatoms. The number of aromatic amines is 1. The van der Waals surface area contributed by atoms with E-state index in [1.54, 1.807) is 24.3 Å². The minimum Gasteiger partial charge on any atom is -0.504 e. The summed E-state index contributed by atoms with van der Waals surface area (Å²) in [5.74, 6) is -0.677. The van der Waals surface area contributed by atoms with Crippen LogP contribution < -0.4 is 5.56 Å². The number of aromatic nitrogens is 1. The van der Waals surface area contributed by atoms with Gasteiger partial charge in [-0.2, -0.15) is 0 Å². The van der Waals surface area contributed by atoms with E-state index in [0.29, 0.717) is 21.9 Å². The molecular weight excluding hydrogens is 376 g/mol. The zero-order valence-electron chi connectivity index (χ0n) is 12.3. The first-order valence-corrected chi connectivity index (χ1v) is 7.80. The number of phenolic OH excluding ortho intramolecular Hbond substituents is 2. The van der Waals surface area contributed by atoms with Crippen LogP contribution >= 0.6 is 15.9 Å². The van der Waals surface area contributed by atoms with Crippen molar-refractivity contribution in [2.24, 2.45) is 4.99 Å². The molecule has 0 saturated carbocycles. The van der Waals surface area contributed by atoms with Gasteiger partial charge in [0.15, 0.2) is 11.5 Å². The van der Waals surface area contributed by atoms with E-state index < -0.39 is 0 Å². The highest BCUT2D eigenvalue weighted by Gasteiger charge is 2.09. The zero-order valence-corrected chi connectivity index (χ0v) is 13.9. The molecule has 0 atom stereocenters. The van der Waals surface area contributed by atoms with Gasteiger partial charge in [0.1, 0.15) is 0 Å². The first kappa shape index (κ1) is 16.1. The van der Waals surface area contributed by atoms with E-state index in [4.69, 9.17) is 0 Å². The highest BCUT2D eigenvalue weighted by atomic mass is 79.9. The number of benzene rings is 2. The highest BCUT2D eigenvalue weighted by Crippen LogP contribution is 2.26. The summed E-state index contributed by atoms with van der Waals surface area (Å²) in [5.41, 5.74) is 0.709. The quantitative estimate of drug-likeness (QED) is 0.408. The van der Waals surface area contributed by atoms with Gasteiger partial charge in [0.25, 0.3) is 5.56 Å². The van der Waals surface area contributed by atoms with Crippen LogP contribution in [0.5, 0.6) is 17.4 Å². The number of halogens is 1. The number of hydrogen-bond acceptors (Lipinski definition) is 5. The van der Waals surface area contributed by atoms with Gasteiger partial charge in [-0.25, -0.2) is 0 Å². The Bertz CT molecular complexity index is 1010. The summed E-state index contributed by atoms with van der Waals surface area (Å²) in [6.45, 7) is 0.238. The first-order valence-electron chi connectivity index (χ1n) is 7.01. The predicted molar refractivity (Wildman–Crippen MR) is 95.0 cm³/mol. The Morgan fingerprint density at radius 1 is 1.04 bits per heavy atom. The molecule has 0 aliphatic heterocycles. The second-order valence-corrected chi connectivity index (χ2v) is 6.11. The van der Waals surface area contributed by atoms with Gasteiger partial charge >= 0.3 is 0 Å². The van der Waals surface area contributed by atoms with Crippen LogP contribution in [0.4, 0.5) is 0 Å². The number of pyridine rings is 1. The molecule has 0 radical (unpaired) electrons. The lowest BCUT2D eigenvalue weighted by molar-refractivity contribution is 0.403. The number of nitrogens with one attached hydrogen (secondary N) is 1. The van der Waals surface area contributed by atoms with Gasteiger partial charge in [-0.1, -0.05) is 22.0 Å². The van der Waals surface area contributed by atoms with Crippen molar-refractivity contribution >= 4 is 32.9 Å². The molecule has 0 saturated heterocycles. The molecule has 0 unspecified atom stereocenters. The summed E-state index contributed by atoms with van der Waals surface area (Å²) in [5, 5.41) is 29.8. The van der Waals surface area contributed by atoms with Crippen molar-refractivity contribution in [2.45, 2.75) is 6.54 Å². The van der Waals surface area contributed by atoms with Gasteiger partial charge in [0, 0.05) is 21.5 Å². The van der Waals surface area contributed by atoms with Gasteiger partial charge in [-0.3, -0.25) is 14.8 Å². The van der Waals surface area contributed by atoms with E-state index >= 15 is 0 Å². The number of aliphatic imine (C=N–C) groups is 1. The van der Waals surface area contributed by atoms with Crippen LogP contribution in [0.2, 0.25) is 0 Å². The maximum atomic E-state index is 11.9. The second-order valence-electron chi connectivity index (χ2n) is 5.20. The van der Waals surface area contributed by atoms with E-state index in [9.17, 15) is 20.1 Å². The Morgan fingerprint density at radius 2 is 1.83 bits per heavy atom. The smallest absolute Gasteiger partial charge is 0.258 e. The lowest BCUT2D eigenvalue weighted by Gasteiger charge is -2.05. The molecule has 0 spiro atoms. The van der Waals surface area contributed by atoms with E-state index in [1.807, 2.05) is 0 Å². The summed E-state index contributed by atoms with van der Waals surface area (Å²) in [6, 6.07) is 9.56. The average molecular weight is 389 g/mol. The van der Waals surface area contributed by atoms with Crippen molar-refractivity contribution < 1.29 is 15.3 Å². The molecule has 2 aromatic carbocycles. The molecule has 3 aromatic rings. The molecule has 4 N–H and O–H groups in total. The number of H-pyrrole nitrogens is 1. The Morgan fingerprint density at radius 3 is 2.58 bits per heavy atom. The molecule has 122 valence electrons. The van der Waals surface area contributed by atoms with Crippen LogP contribution in [0.25, 0.3) is 10.8 Å². The number of phenols is 2. The van der Waals surface area contributed by atoms with Crippen molar-refractivity contribution in [1.82, 2.24) is 4.98 Å². The molecule has 24 heavy (non-hydrogen) atoms. The number of nitrogens with zero attached hydrogens (tertiary/aromatic N) is 1. The molecule has 3 rings (SSSR count). The van der Waals surface area contributed by atoms with Crippen molar-refractivity contribution in [2.75, 3.05) is 0 Å². The molecule has 0 fully saturated rings. The van der Waals surface area contributed by atoms with Crippen molar-refractivity contribution in [3.8, 4) is 17.4 Å². The third-order valence-corrected chi connectivity index (χ3v) is 4.03. The molecule has 1 heterocycles. The van der Waals surface area contributed by atoms with E-state index in [2.05, 4.69) is 25.9 Å². The van der Waals surface area contributed by atoms with E-state index in [-0.39, 0.29) is 29.5 Å². The van der Waals surface area contributed by atoms with Gasteiger partial charge in [-0.05, 0) is 35.9 Å². The van der Waals surface area contributed by atoms with Crippen molar-refractivity contribution in [3.63, 3.8) is 0 Å². The molecule has 1 aromatic heterocycles. The molecule has 6 nitrogen and oxygen atoms in total. The highest BCUT2D eigenvalue weighted by molar-refractivity contribution is 9.10. The van der Waals surface area contributed by atoms with Crippen molar-refractivity contribution in [3.05, 3.63) is 62.4 Å². The van der Waals surface area contributed by atoms with Crippen LogP contribution in [0.3, 0.4) is 0 Å². The Hall–Kier alpha value is -2.80. The fraction of sp³-hybridized carbons (Fsp3) is 0.0588. The predicted octanol–water partition coefficient (Wildman–Crippen LogP) is 3.03. The molecule has 0 bridgehead atoms. The summed E-state index contributed by atoms with van der Waals surface area (Å²) >= 11 is 3.35. The van der Waals surface area contributed by atoms with Crippen LogP contribution in [0, 0.1) is 0 Å². The van der Waals surface area contributed by atoms with Crippen LogP contribution in [-0.2, 0) is 6.54 Å². The summed E-state index contributed by atoms with van der Waals surface area (Å²) in [6.07, 6.45) is 1.46. The van der Waals surface area contributed by atoms with E-state index in [1.165, 1.54) is 18.3 Å². The minimum absolute atomic E-state index is 0.197. The summed E-state index contributed by atoms with van der Waals surface area (Å²) in [7, 11) is 0. The maximum absolute atomic E-state index is 11.9. The van der Waals surface area contributed by atoms with Gasteiger partial charge in [0.05, 0.1) is 12.1 Å². The topological polar surface area (TPSA) is 106 Å². The number of aromatic hydroxyl groups is 3. The molecular formula is C17H13BrN2O4. The third-order valence-electron chi connectivity index (χ3n) is 3.54. The lowest BCUT2D eigenvalue weighted by Crippen LogP contribution is -2.08. The fourth-order valence-electron chi connectivity index (χ4n) is 2.35. The fourth-order valence-corrected chi connectivity index (χ4v) is 2.71. The van der Waals surface area contributed by atoms with E-state index in [0.717, 1.165) is 4.47 Å². The molecule has 0 aliphatic carbocycles. The summed E-state index contributed by atoms with van der Waals surface area (Å²) < 4.78 is 0.776. The molecule has 0 aliphatic rings. The van der Waals surface area contributed by atoms with Crippen LogP contribution in [0.15, 0.2) is 50.7 Å². The Balaban J connectivity index is 1.98. The average Bonchev–Trinajstić information content (AvgIpc) is 2.53. The molecule has 0 amide bonds. The minimum atomic E-state index is -0.379. The van der Waals surface area contributed by atoms with Gasteiger partial charge < -0.3 is 15.3 Å². The summed E-state index contributed by atoms with van der Waals surface area (Å²) in [4.78, 5) is 18.5. The van der Waals surface area contributed by atoms with Crippen LogP contribution in [-0.4, -0.2) is 26.5 Å². The van der Waals surface area contributed by atoms with Crippen molar-refractivity contribution in [1.29, 1.82) is 0 Å². The zero-order chi connectivity index (χ0) is 17.3. The van der Waals surface area contributed by atoms with Gasteiger partial charge in [-0.15, -0.1) is 0 Å². The monoisotopic (exact) mass is 388 g/mol. The maximum Gasteiger partial charge on any atom is 0.258 e. The lowest BCUT2D eigenvalue weighted by atomic mass is 10.1. The number of fused-ring (bicyclic) bond motifs is 1. The van der Waals surface area contributed by atoms with Crippen LogP contribution in [0.1, 0.15) is 11.1 Å². The Labute approximate surface area is 144 Å². The normalized spacial score (nSPS) is 11.4. The number of rotatable bonds is 3.